The molecule has 116 valence electrons. The van der Waals surface area contributed by atoms with E-state index in [4.69, 9.17) is 5.73 Å². The molecule has 0 aliphatic carbocycles. The van der Waals surface area contributed by atoms with Gasteiger partial charge in [-0.25, -0.2) is 8.78 Å². The molecule has 3 nitrogen and oxygen atoms in total. The Morgan fingerprint density at radius 2 is 1.70 bits per heavy atom. The van der Waals surface area contributed by atoms with E-state index >= 15 is 0 Å². The van der Waals surface area contributed by atoms with Gasteiger partial charge in [0.15, 0.2) is 0 Å². The number of benzene rings is 1. The standard InChI is InChI=1S/C18H15F2N3/c19-15-6-12(7-16(20)9-15)8-17(21)18-4-3-14(11-23-18)13-2-1-5-22-10-13/h1-7,9-11,17H,8,21H2. The van der Waals surface area contributed by atoms with Crippen LogP contribution in [0.3, 0.4) is 0 Å². The Bertz CT molecular complexity index is 769. The number of aromatic nitrogens is 2. The largest absolute Gasteiger partial charge is 0.322 e. The monoisotopic (exact) mass is 311 g/mol. The molecule has 1 aromatic carbocycles. The van der Waals surface area contributed by atoms with Crippen molar-refractivity contribution in [2.75, 3.05) is 0 Å². The Morgan fingerprint density at radius 3 is 2.30 bits per heavy atom. The van der Waals surface area contributed by atoms with Gasteiger partial charge in [-0.05, 0) is 36.2 Å². The van der Waals surface area contributed by atoms with E-state index in [0.29, 0.717) is 17.7 Å². The van der Waals surface area contributed by atoms with Crippen LogP contribution in [0.25, 0.3) is 11.1 Å². The van der Waals surface area contributed by atoms with Crippen molar-refractivity contribution in [2.24, 2.45) is 5.73 Å². The fraction of sp³-hybridized carbons (Fsp3) is 0.111. The summed E-state index contributed by atoms with van der Waals surface area (Å²) in [5.74, 6) is -1.21. The van der Waals surface area contributed by atoms with Gasteiger partial charge in [0.2, 0.25) is 0 Å². The summed E-state index contributed by atoms with van der Waals surface area (Å²) in [6.45, 7) is 0. The van der Waals surface area contributed by atoms with Crippen LogP contribution in [0, 0.1) is 11.6 Å². The minimum absolute atomic E-state index is 0.313. The molecule has 2 N–H and O–H groups in total. The van der Waals surface area contributed by atoms with Gasteiger partial charge in [-0.15, -0.1) is 0 Å². The molecular weight excluding hydrogens is 296 g/mol. The fourth-order valence-corrected chi connectivity index (χ4v) is 2.42. The second-order valence-corrected chi connectivity index (χ2v) is 5.30. The lowest BCUT2D eigenvalue weighted by atomic mass is 10.0. The van der Waals surface area contributed by atoms with E-state index in [9.17, 15) is 8.78 Å². The molecule has 23 heavy (non-hydrogen) atoms. The predicted octanol–water partition coefficient (Wildman–Crippen LogP) is 3.66. The van der Waals surface area contributed by atoms with Gasteiger partial charge in [-0.2, -0.15) is 0 Å². The summed E-state index contributed by atoms with van der Waals surface area (Å²) in [5.41, 5.74) is 9.17. The maximum atomic E-state index is 13.2. The quantitative estimate of drug-likeness (QED) is 0.800. The molecule has 2 heterocycles. The van der Waals surface area contributed by atoms with Crippen LogP contribution in [0.15, 0.2) is 61.1 Å². The molecule has 3 aromatic rings. The number of hydrogen-bond acceptors (Lipinski definition) is 3. The fourth-order valence-electron chi connectivity index (χ4n) is 2.42. The summed E-state index contributed by atoms with van der Waals surface area (Å²) in [5, 5.41) is 0. The third kappa shape index (κ3) is 3.76. The first kappa shape index (κ1) is 15.2. The third-order valence-electron chi connectivity index (χ3n) is 3.54. The first-order valence-electron chi connectivity index (χ1n) is 7.19. The molecule has 0 spiro atoms. The number of nitrogens with two attached hydrogens (primary N) is 1. The van der Waals surface area contributed by atoms with E-state index in [0.717, 1.165) is 17.2 Å². The number of pyridine rings is 2. The molecule has 0 bridgehead atoms. The van der Waals surface area contributed by atoms with Gasteiger partial charge in [0.05, 0.1) is 11.7 Å². The molecule has 0 saturated heterocycles. The van der Waals surface area contributed by atoms with Crippen molar-refractivity contribution < 1.29 is 8.78 Å². The highest BCUT2D eigenvalue weighted by Gasteiger charge is 2.11. The number of halogens is 2. The highest BCUT2D eigenvalue weighted by molar-refractivity contribution is 5.61. The Balaban J connectivity index is 1.76. The van der Waals surface area contributed by atoms with Gasteiger partial charge >= 0.3 is 0 Å². The van der Waals surface area contributed by atoms with Crippen LogP contribution in [-0.2, 0) is 6.42 Å². The molecular formula is C18H15F2N3. The van der Waals surface area contributed by atoms with Crippen LogP contribution >= 0.6 is 0 Å². The highest BCUT2D eigenvalue weighted by Crippen LogP contribution is 2.20. The van der Waals surface area contributed by atoms with E-state index in [1.54, 1.807) is 18.6 Å². The number of nitrogens with zero attached hydrogens (tertiary/aromatic N) is 2. The van der Waals surface area contributed by atoms with E-state index in [2.05, 4.69) is 9.97 Å². The van der Waals surface area contributed by atoms with E-state index < -0.39 is 17.7 Å². The second kappa shape index (κ2) is 6.62. The van der Waals surface area contributed by atoms with Gasteiger partial charge in [-0.1, -0.05) is 12.1 Å². The van der Waals surface area contributed by atoms with Gasteiger partial charge in [-0.3, -0.25) is 9.97 Å². The Labute approximate surface area is 132 Å². The van der Waals surface area contributed by atoms with Crippen molar-refractivity contribution in [3.63, 3.8) is 0 Å². The summed E-state index contributed by atoms with van der Waals surface area (Å²) in [6.07, 6.45) is 5.50. The zero-order valence-electron chi connectivity index (χ0n) is 12.3. The lowest BCUT2D eigenvalue weighted by Gasteiger charge is -2.12. The molecule has 5 heteroatoms. The molecule has 0 fully saturated rings. The molecule has 0 saturated carbocycles. The summed E-state index contributed by atoms with van der Waals surface area (Å²) < 4.78 is 26.4. The average Bonchev–Trinajstić information content (AvgIpc) is 2.55. The molecule has 0 aliphatic rings. The molecule has 3 rings (SSSR count). The van der Waals surface area contributed by atoms with Crippen molar-refractivity contribution in [2.45, 2.75) is 12.5 Å². The van der Waals surface area contributed by atoms with Crippen molar-refractivity contribution >= 4 is 0 Å². The summed E-state index contributed by atoms with van der Waals surface area (Å²) in [7, 11) is 0. The summed E-state index contributed by atoms with van der Waals surface area (Å²) in [6, 6.07) is 10.5. The van der Waals surface area contributed by atoms with Crippen LogP contribution in [0.1, 0.15) is 17.3 Å². The van der Waals surface area contributed by atoms with Crippen LogP contribution in [-0.4, -0.2) is 9.97 Å². The van der Waals surface area contributed by atoms with Crippen LogP contribution in [0.2, 0.25) is 0 Å². The second-order valence-electron chi connectivity index (χ2n) is 5.30. The first-order chi connectivity index (χ1) is 11.1. The summed E-state index contributed by atoms with van der Waals surface area (Å²) >= 11 is 0. The number of hydrogen-bond donors (Lipinski definition) is 1. The van der Waals surface area contributed by atoms with E-state index in [1.807, 2.05) is 24.3 Å². The minimum atomic E-state index is -0.605. The lowest BCUT2D eigenvalue weighted by molar-refractivity contribution is 0.575. The van der Waals surface area contributed by atoms with Gasteiger partial charge in [0.1, 0.15) is 11.6 Å². The van der Waals surface area contributed by atoms with Crippen molar-refractivity contribution in [3.05, 3.63) is 83.9 Å². The predicted molar refractivity (Wildman–Crippen MR) is 84.5 cm³/mol. The molecule has 2 aromatic heterocycles. The number of rotatable bonds is 4. The minimum Gasteiger partial charge on any atom is -0.322 e. The maximum Gasteiger partial charge on any atom is 0.126 e. The normalized spacial score (nSPS) is 12.1. The highest BCUT2D eigenvalue weighted by atomic mass is 19.1. The van der Waals surface area contributed by atoms with Crippen molar-refractivity contribution in [3.8, 4) is 11.1 Å². The lowest BCUT2D eigenvalue weighted by Crippen LogP contribution is -2.15. The zero-order chi connectivity index (χ0) is 16.2. The first-order valence-corrected chi connectivity index (χ1v) is 7.19. The maximum absolute atomic E-state index is 13.2. The Kier molecular flexibility index (Phi) is 4.39. The van der Waals surface area contributed by atoms with Crippen LogP contribution < -0.4 is 5.73 Å². The summed E-state index contributed by atoms with van der Waals surface area (Å²) in [4.78, 5) is 8.42. The molecule has 1 unspecified atom stereocenters. The topological polar surface area (TPSA) is 51.8 Å². The van der Waals surface area contributed by atoms with Gasteiger partial charge < -0.3 is 5.73 Å². The molecule has 0 amide bonds. The van der Waals surface area contributed by atoms with Crippen molar-refractivity contribution in [1.82, 2.24) is 9.97 Å². The van der Waals surface area contributed by atoms with E-state index in [-0.39, 0.29) is 0 Å². The van der Waals surface area contributed by atoms with Crippen LogP contribution in [0.4, 0.5) is 8.78 Å². The average molecular weight is 311 g/mol. The zero-order valence-corrected chi connectivity index (χ0v) is 12.3. The van der Waals surface area contributed by atoms with Gasteiger partial charge in [0.25, 0.3) is 0 Å². The SMILES string of the molecule is NC(Cc1cc(F)cc(F)c1)c1ccc(-c2cccnc2)cn1. The smallest absolute Gasteiger partial charge is 0.126 e. The van der Waals surface area contributed by atoms with Gasteiger partial charge in [0, 0.05) is 35.8 Å². The van der Waals surface area contributed by atoms with Crippen molar-refractivity contribution in [1.29, 1.82) is 0 Å². The van der Waals surface area contributed by atoms with E-state index in [1.165, 1.54) is 12.1 Å². The molecule has 0 radical (unpaired) electrons. The molecule has 0 aliphatic heterocycles. The Morgan fingerprint density at radius 1 is 0.957 bits per heavy atom. The third-order valence-corrected chi connectivity index (χ3v) is 3.54. The molecule has 1 atom stereocenters. The van der Waals surface area contributed by atoms with Crippen LogP contribution in [0.5, 0.6) is 0 Å². The Hall–Kier alpha value is -2.66.